The van der Waals surface area contributed by atoms with Crippen molar-refractivity contribution < 1.29 is 9.59 Å². The maximum Gasteiger partial charge on any atom is 0.261 e. The number of aryl methyl sites for hydroxylation is 1. The number of carbonyl (C=O) groups excluding carboxylic acids is 2. The van der Waals surface area contributed by atoms with Gasteiger partial charge in [-0.2, -0.15) is 0 Å². The molecule has 0 spiro atoms. The number of nitrogens with zero attached hydrogens (tertiary/aromatic N) is 2. The molecule has 0 radical (unpaired) electrons. The van der Waals surface area contributed by atoms with E-state index >= 15 is 0 Å². The van der Waals surface area contributed by atoms with Crippen LogP contribution in [0.4, 0.5) is 11.4 Å². The first-order valence-corrected chi connectivity index (χ1v) is 11.6. The van der Waals surface area contributed by atoms with Gasteiger partial charge in [0.25, 0.3) is 11.8 Å². The van der Waals surface area contributed by atoms with Crippen LogP contribution in [0.1, 0.15) is 64.1 Å². The van der Waals surface area contributed by atoms with Gasteiger partial charge in [-0.15, -0.1) is 0 Å². The second-order valence-electron chi connectivity index (χ2n) is 8.44. The summed E-state index contributed by atoms with van der Waals surface area (Å²) in [5, 5.41) is 0. The number of para-hydroxylation sites is 1. The van der Waals surface area contributed by atoms with E-state index in [-0.39, 0.29) is 11.8 Å². The van der Waals surface area contributed by atoms with E-state index in [1.807, 2.05) is 24.3 Å². The average molecular weight is 439 g/mol. The molecule has 2 amide bonds. The fourth-order valence-corrected chi connectivity index (χ4v) is 4.38. The highest BCUT2D eigenvalue weighted by atomic mass is 16.2. The van der Waals surface area contributed by atoms with Crippen LogP contribution in [0.5, 0.6) is 0 Å². The van der Waals surface area contributed by atoms with E-state index < -0.39 is 0 Å². The molecule has 3 aromatic carbocycles. The van der Waals surface area contributed by atoms with Crippen molar-refractivity contribution in [3.05, 3.63) is 101 Å². The van der Waals surface area contributed by atoms with Crippen LogP contribution in [0.15, 0.2) is 73.3 Å². The fourth-order valence-electron chi connectivity index (χ4n) is 4.38. The lowest BCUT2D eigenvalue weighted by Crippen LogP contribution is -2.24. The van der Waals surface area contributed by atoms with Crippen molar-refractivity contribution >= 4 is 28.8 Å². The Morgan fingerprint density at radius 2 is 1.61 bits per heavy atom. The van der Waals surface area contributed by atoms with Gasteiger partial charge in [0.2, 0.25) is 0 Å². The minimum Gasteiger partial charge on any atom is -0.341 e. The maximum absolute atomic E-state index is 12.5. The van der Waals surface area contributed by atoms with Crippen LogP contribution >= 0.6 is 0 Å². The summed E-state index contributed by atoms with van der Waals surface area (Å²) in [7, 11) is 1.52. The van der Waals surface area contributed by atoms with Crippen LogP contribution in [-0.2, 0) is 6.42 Å². The third-order valence-electron chi connectivity index (χ3n) is 6.34. The first-order chi connectivity index (χ1) is 16.0. The predicted molar refractivity (Wildman–Crippen MR) is 135 cm³/mol. The highest BCUT2D eigenvalue weighted by Crippen LogP contribution is 2.36. The molecule has 0 saturated carbocycles. The molecular weight excluding hydrogens is 408 g/mol. The zero-order valence-electron chi connectivity index (χ0n) is 19.6. The SMILES string of the molecule is C=C(c1ccc(CCCC)cc1)c1ccccc1N(CC)c1ccc2c(c1)C(=O)N(C)C2=O. The Morgan fingerprint density at radius 3 is 2.30 bits per heavy atom. The van der Waals surface area contributed by atoms with Gasteiger partial charge < -0.3 is 4.90 Å². The van der Waals surface area contributed by atoms with Crippen molar-refractivity contribution in [1.82, 2.24) is 4.90 Å². The Balaban J connectivity index is 1.68. The van der Waals surface area contributed by atoms with Gasteiger partial charge >= 0.3 is 0 Å². The third-order valence-corrected chi connectivity index (χ3v) is 6.34. The van der Waals surface area contributed by atoms with Crippen molar-refractivity contribution in [2.45, 2.75) is 33.1 Å². The molecule has 0 N–H and O–H groups in total. The van der Waals surface area contributed by atoms with Crippen LogP contribution in [0.2, 0.25) is 0 Å². The summed E-state index contributed by atoms with van der Waals surface area (Å²) in [6.45, 7) is 9.41. The summed E-state index contributed by atoms with van der Waals surface area (Å²) >= 11 is 0. The topological polar surface area (TPSA) is 40.6 Å². The van der Waals surface area contributed by atoms with Gasteiger partial charge in [-0.3, -0.25) is 14.5 Å². The van der Waals surface area contributed by atoms with Crippen molar-refractivity contribution in [2.75, 3.05) is 18.5 Å². The summed E-state index contributed by atoms with van der Waals surface area (Å²) in [5.74, 6) is -0.505. The molecule has 3 aromatic rings. The molecule has 4 heteroatoms. The lowest BCUT2D eigenvalue weighted by molar-refractivity contribution is 0.0693. The minimum atomic E-state index is -0.256. The lowest BCUT2D eigenvalue weighted by atomic mass is 9.95. The summed E-state index contributed by atoms with van der Waals surface area (Å²) in [4.78, 5) is 28.2. The molecule has 4 nitrogen and oxygen atoms in total. The molecule has 0 fully saturated rings. The standard InChI is InChI=1S/C29H30N2O2/c1-5-7-10-21-13-15-22(16-14-21)20(3)24-11-8-9-12-27(24)31(6-2)23-17-18-25-26(19-23)29(33)30(4)28(25)32/h8-9,11-19H,3,5-7,10H2,1-2,4H3. The first kappa shape index (κ1) is 22.5. The Kier molecular flexibility index (Phi) is 6.45. The molecule has 0 bridgehead atoms. The zero-order chi connectivity index (χ0) is 23.5. The van der Waals surface area contributed by atoms with E-state index in [1.165, 1.54) is 30.4 Å². The summed E-state index contributed by atoms with van der Waals surface area (Å²) in [6, 6.07) is 22.4. The van der Waals surface area contributed by atoms with E-state index in [1.54, 1.807) is 6.07 Å². The molecule has 0 saturated heterocycles. The molecule has 0 aromatic heterocycles. The van der Waals surface area contributed by atoms with Crippen LogP contribution in [-0.4, -0.2) is 30.3 Å². The number of amides is 2. The molecule has 0 aliphatic carbocycles. The van der Waals surface area contributed by atoms with Gasteiger partial charge in [-0.1, -0.05) is 62.4 Å². The second kappa shape index (κ2) is 9.45. The number of imide groups is 1. The Hall–Kier alpha value is -3.66. The number of carbonyl (C=O) groups is 2. The molecule has 4 rings (SSSR count). The predicted octanol–water partition coefficient (Wildman–Crippen LogP) is 6.47. The number of hydrogen-bond donors (Lipinski definition) is 0. The molecule has 1 aliphatic heterocycles. The average Bonchev–Trinajstić information content (AvgIpc) is 3.07. The Labute approximate surface area is 196 Å². The van der Waals surface area contributed by atoms with Gasteiger partial charge in [0, 0.05) is 30.5 Å². The quantitative estimate of drug-likeness (QED) is 0.378. The van der Waals surface area contributed by atoms with E-state index in [9.17, 15) is 9.59 Å². The molecule has 1 aliphatic rings. The van der Waals surface area contributed by atoms with E-state index in [0.29, 0.717) is 17.7 Å². The van der Waals surface area contributed by atoms with Gasteiger partial charge in [-0.25, -0.2) is 0 Å². The number of hydrogen-bond acceptors (Lipinski definition) is 3. The molecule has 33 heavy (non-hydrogen) atoms. The Bertz CT molecular complexity index is 1210. The van der Waals surface area contributed by atoms with Crippen molar-refractivity contribution in [2.24, 2.45) is 0 Å². The zero-order valence-corrected chi connectivity index (χ0v) is 19.6. The van der Waals surface area contributed by atoms with E-state index in [4.69, 9.17) is 0 Å². The van der Waals surface area contributed by atoms with Gasteiger partial charge in [0.05, 0.1) is 11.1 Å². The number of rotatable bonds is 8. The number of fused-ring (bicyclic) bond motifs is 1. The van der Waals surface area contributed by atoms with E-state index in [0.717, 1.165) is 34.5 Å². The largest absolute Gasteiger partial charge is 0.341 e. The van der Waals surface area contributed by atoms with Crippen LogP contribution < -0.4 is 4.90 Å². The summed E-state index contributed by atoms with van der Waals surface area (Å²) < 4.78 is 0. The van der Waals surface area contributed by atoms with Crippen LogP contribution in [0.25, 0.3) is 5.57 Å². The number of anilines is 2. The van der Waals surface area contributed by atoms with Crippen molar-refractivity contribution in [3.8, 4) is 0 Å². The summed E-state index contributed by atoms with van der Waals surface area (Å²) in [6.07, 6.45) is 3.48. The monoisotopic (exact) mass is 438 g/mol. The highest BCUT2D eigenvalue weighted by molar-refractivity contribution is 6.21. The van der Waals surface area contributed by atoms with Crippen LogP contribution in [0, 0.1) is 0 Å². The third kappa shape index (κ3) is 4.21. The van der Waals surface area contributed by atoms with Crippen LogP contribution in [0.3, 0.4) is 0 Å². The van der Waals surface area contributed by atoms with E-state index in [2.05, 4.69) is 61.7 Å². The lowest BCUT2D eigenvalue weighted by Gasteiger charge is -2.27. The van der Waals surface area contributed by atoms with Gasteiger partial charge in [-0.05, 0) is 60.7 Å². The second-order valence-corrected chi connectivity index (χ2v) is 8.44. The van der Waals surface area contributed by atoms with Crippen molar-refractivity contribution in [1.29, 1.82) is 0 Å². The molecule has 1 heterocycles. The van der Waals surface area contributed by atoms with Crippen molar-refractivity contribution in [3.63, 3.8) is 0 Å². The van der Waals surface area contributed by atoms with Gasteiger partial charge in [0.1, 0.15) is 0 Å². The summed E-state index contributed by atoms with van der Waals surface area (Å²) in [5.41, 5.74) is 7.25. The number of benzene rings is 3. The minimum absolute atomic E-state index is 0.249. The highest BCUT2D eigenvalue weighted by Gasteiger charge is 2.33. The maximum atomic E-state index is 12.5. The normalized spacial score (nSPS) is 12.8. The first-order valence-electron chi connectivity index (χ1n) is 11.6. The molecule has 168 valence electrons. The molecular formula is C29H30N2O2. The molecule has 0 atom stereocenters. The number of unbranched alkanes of at least 4 members (excludes halogenated alkanes) is 1. The smallest absolute Gasteiger partial charge is 0.261 e. The molecule has 0 unspecified atom stereocenters. The fraction of sp³-hybridized carbons (Fsp3) is 0.241. The Morgan fingerprint density at radius 1 is 0.909 bits per heavy atom. The van der Waals surface area contributed by atoms with Gasteiger partial charge in [0.15, 0.2) is 0 Å².